The van der Waals surface area contributed by atoms with Crippen LogP contribution in [0, 0.1) is 0 Å². The third kappa shape index (κ3) is 3.93. The Morgan fingerprint density at radius 3 is 2.83 bits per heavy atom. The highest BCUT2D eigenvalue weighted by Gasteiger charge is 2.08. The van der Waals surface area contributed by atoms with Crippen LogP contribution in [0.4, 0.5) is 0 Å². The van der Waals surface area contributed by atoms with Crippen molar-refractivity contribution in [3.8, 4) is 0 Å². The van der Waals surface area contributed by atoms with Gasteiger partial charge in [-0.3, -0.25) is 4.99 Å². The van der Waals surface area contributed by atoms with E-state index >= 15 is 0 Å². The Hall–Kier alpha value is -2.27. The van der Waals surface area contributed by atoms with E-state index in [9.17, 15) is 0 Å². The molecule has 2 heterocycles. The van der Waals surface area contributed by atoms with E-state index in [2.05, 4.69) is 52.2 Å². The van der Waals surface area contributed by atoms with Crippen LogP contribution in [0.1, 0.15) is 23.5 Å². The number of fused-ring (bicyclic) bond motifs is 1. The van der Waals surface area contributed by atoms with E-state index in [4.69, 9.17) is 4.42 Å². The molecule has 1 unspecified atom stereocenters. The molecule has 4 nitrogen and oxygen atoms in total. The first-order chi connectivity index (χ1) is 11.3. The van der Waals surface area contributed by atoms with Crippen molar-refractivity contribution in [2.24, 2.45) is 4.99 Å². The standard InChI is InChI=1S/C18H21N3OS/c1-13(17-8-5-9-23-17)11-20-18(19-2)21-12-15-10-14-6-3-4-7-16(14)22-15/h3-10,13H,11-12H2,1-2H3,(H2,19,20,21). The minimum Gasteiger partial charge on any atom is -0.459 e. The normalized spacial score (nSPS) is 13.2. The Kier molecular flexibility index (Phi) is 4.98. The smallest absolute Gasteiger partial charge is 0.191 e. The SMILES string of the molecule is CN=C(NCc1cc2ccccc2o1)NCC(C)c1cccs1. The van der Waals surface area contributed by atoms with E-state index in [0.29, 0.717) is 12.5 Å². The van der Waals surface area contributed by atoms with Crippen LogP contribution in [0.15, 0.2) is 57.3 Å². The average molecular weight is 327 g/mol. The lowest BCUT2D eigenvalue weighted by atomic mass is 10.1. The van der Waals surface area contributed by atoms with E-state index in [1.807, 2.05) is 18.2 Å². The summed E-state index contributed by atoms with van der Waals surface area (Å²) in [6.45, 7) is 3.67. The van der Waals surface area contributed by atoms with Gasteiger partial charge in [-0.05, 0) is 23.6 Å². The van der Waals surface area contributed by atoms with Crippen LogP contribution in [0.5, 0.6) is 0 Å². The molecule has 0 saturated carbocycles. The quantitative estimate of drug-likeness (QED) is 0.551. The van der Waals surface area contributed by atoms with Crippen molar-refractivity contribution in [2.45, 2.75) is 19.4 Å². The summed E-state index contributed by atoms with van der Waals surface area (Å²) in [5, 5.41) is 9.90. The van der Waals surface area contributed by atoms with E-state index in [1.165, 1.54) is 4.88 Å². The number of nitrogens with zero attached hydrogens (tertiary/aromatic N) is 1. The molecule has 0 radical (unpaired) electrons. The van der Waals surface area contributed by atoms with Crippen LogP contribution in [0.25, 0.3) is 11.0 Å². The molecule has 1 aromatic carbocycles. The number of furan rings is 1. The zero-order valence-corrected chi connectivity index (χ0v) is 14.2. The first-order valence-corrected chi connectivity index (χ1v) is 8.59. The zero-order valence-electron chi connectivity index (χ0n) is 13.4. The summed E-state index contributed by atoms with van der Waals surface area (Å²) in [6, 6.07) is 14.3. The van der Waals surface area contributed by atoms with Crippen LogP contribution < -0.4 is 10.6 Å². The van der Waals surface area contributed by atoms with E-state index < -0.39 is 0 Å². The number of hydrogen-bond donors (Lipinski definition) is 2. The molecule has 0 bridgehead atoms. The van der Waals surface area contributed by atoms with Gasteiger partial charge in [0.05, 0.1) is 6.54 Å². The highest BCUT2D eigenvalue weighted by molar-refractivity contribution is 7.10. The van der Waals surface area contributed by atoms with Crippen molar-refractivity contribution in [1.29, 1.82) is 0 Å². The number of benzene rings is 1. The van der Waals surface area contributed by atoms with Gasteiger partial charge in [0, 0.05) is 29.8 Å². The van der Waals surface area contributed by atoms with Crippen molar-refractivity contribution in [1.82, 2.24) is 10.6 Å². The Morgan fingerprint density at radius 2 is 2.09 bits per heavy atom. The van der Waals surface area contributed by atoms with Crippen molar-refractivity contribution in [3.05, 3.63) is 58.5 Å². The second kappa shape index (κ2) is 7.33. The fourth-order valence-electron chi connectivity index (χ4n) is 2.44. The van der Waals surface area contributed by atoms with E-state index in [-0.39, 0.29) is 0 Å². The van der Waals surface area contributed by atoms with Gasteiger partial charge in [-0.15, -0.1) is 11.3 Å². The second-order valence-electron chi connectivity index (χ2n) is 5.47. The lowest BCUT2D eigenvalue weighted by Crippen LogP contribution is -2.38. The predicted octanol–water partition coefficient (Wildman–Crippen LogP) is 3.96. The van der Waals surface area contributed by atoms with Crippen molar-refractivity contribution >= 4 is 28.3 Å². The van der Waals surface area contributed by atoms with Crippen LogP contribution in [-0.2, 0) is 6.54 Å². The summed E-state index contributed by atoms with van der Waals surface area (Å²) in [7, 11) is 1.78. The van der Waals surface area contributed by atoms with Gasteiger partial charge in [0.1, 0.15) is 11.3 Å². The fraction of sp³-hybridized carbons (Fsp3) is 0.278. The molecule has 0 aliphatic rings. The van der Waals surface area contributed by atoms with Gasteiger partial charge in [-0.1, -0.05) is 31.2 Å². The highest BCUT2D eigenvalue weighted by atomic mass is 32.1. The molecule has 0 aliphatic carbocycles. The Bertz CT molecular complexity index is 744. The van der Waals surface area contributed by atoms with Gasteiger partial charge < -0.3 is 15.1 Å². The van der Waals surface area contributed by atoms with Gasteiger partial charge in [0.15, 0.2) is 5.96 Å². The van der Waals surface area contributed by atoms with Gasteiger partial charge in [-0.2, -0.15) is 0 Å². The van der Waals surface area contributed by atoms with Crippen LogP contribution >= 0.6 is 11.3 Å². The number of nitrogens with one attached hydrogen (secondary N) is 2. The van der Waals surface area contributed by atoms with Crippen LogP contribution in [0.3, 0.4) is 0 Å². The Morgan fingerprint density at radius 1 is 1.22 bits per heavy atom. The molecule has 0 spiro atoms. The largest absolute Gasteiger partial charge is 0.459 e. The predicted molar refractivity (Wildman–Crippen MR) is 97.1 cm³/mol. The minimum absolute atomic E-state index is 0.458. The maximum atomic E-state index is 5.80. The molecular formula is C18H21N3OS. The van der Waals surface area contributed by atoms with Gasteiger partial charge >= 0.3 is 0 Å². The van der Waals surface area contributed by atoms with Crippen LogP contribution in [-0.4, -0.2) is 19.6 Å². The van der Waals surface area contributed by atoms with Crippen molar-refractivity contribution in [2.75, 3.05) is 13.6 Å². The van der Waals surface area contributed by atoms with Gasteiger partial charge in [0.25, 0.3) is 0 Å². The maximum Gasteiger partial charge on any atom is 0.191 e. The molecule has 5 heteroatoms. The summed E-state index contributed by atoms with van der Waals surface area (Å²) in [5.41, 5.74) is 0.915. The number of thiophene rings is 1. The number of para-hydroxylation sites is 1. The summed E-state index contributed by atoms with van der Waals surface area (Å²) in [4.78, 5) is 5.65. The number of hydrogen-bond acceptors (Lipinski definition) is 3. The molecule has 0 saturated heterocycles. The molecule has 3 rings (SSSR count). The van der Waals surface area contributed by atoms with Crippen molar-refractivity contribution in [3.63, 3.8) is 0 Å². The molecule has 0 fully saturated rings. The number of rotatable bonds is 5. The van der Waals surface area contributed by atoms with Gasteiger partial charge in [-0.25, -0.2) is 0 Å². The third-order valence-corrected chi connectivity index (χ3v) is 4.84. The monoisotopic (exact) mass is 327 g/mol. The zero-order chi connectivity index (χ0) is 16.1. The number of aliphatic imine (C=N–C) groups is 1. The highest BCUT2D eigenvalue weighted by Crippen LogP contribution is 2.20. The molecule has 3 aromatic rings. The summed E-state index contributed by atoms with van der Waals surface area (Å²) in [6.07, 6.45) is 0. The van der Waals surface area contributed by atoms with E-state index in [1.54, 1.807) is 18.4 Å². The molecule has 23 heavy (non-hydrogen) atoms. The van der Waals surface area contributed by atoms with E-state index in [0.717, 1.165) is 29.2 Å². The summed E-state index contributed by atoms with van der Waals surface area (Å²) >= 11 is 1.79. The average Bonchev–Trinajstić information content (AvgIpc) is 3.24. The third-order valence-electron chi connectivity index (χ3n) is 3.73. The lowest BCUT2D eigenvalue weighted by molar-refractivity contribution is 0.538. The fourth-order valence-corrected chi connectivity index (χ4v) is 3.22. The Labute approximate surface area is 140 Å². The number of guanidine groups is 1. The second-order valence-corrected chi connectivity index (χ2v) is 6.45. The minimum atomic E-state index is 0.458. The topological polar surface area (TPSA) is 49.6 Å². The summed E-state index contributed by atoms with van der Waals surface area (Å²) in [5.74, 6) is 2.15. The summed E-state index contributed by atoms with van der Waals surface area (Å²) < 4.78 is 5.80. The first-order valence-electron chi connectivity index (χ1n) is 7.71. The molecule has 0 amide bonds. The van der Waals surface area contributed by atoms with Gasteiger partial charge in [0.2, 0.25) is 0 Å². The molecule has 2 N–H and O–H groups in total. The first kappa shape index (κ1) is 15.6. The van der Waals surface area contributed by atoms with Crippen molar-refractivity contribution < 1.29 is 4.42 Å². The molecule has 120 valence electrons. The molecule has 1 atom stereocenters. The maximum absolute atomic E-state index is 5.80. The Balaban J connectivity index is 1.53. The molecule has 2 aromatic heterocycles. The lowest BCUT2D eigenvalue weighted by Gasteiger charge is -2.14. The molecule has 0 aliphatic heterocycles. The molecular weight excluding hydrogens is 306 g/mol. The van der Waals surface area contributed by atoms with Crippen LogP contribution in [0.2, 0.25) is 0 Å².